The fourth-order valence-electron chi connectivity index (χ4n) is 2.68. The molecule has 166 valence electrons. The molecule has 2 amide bonds. The van der Waals surface area contributed by atoms with Crippen LogP contribution in [0.4, 0.5) is 26.7 Å². The highest BCUT2D eigenvalue weighted by molar-refractivity contribution is 6.31. The van der Waals surface area contributed by atoms with Crippen molar-refractivity contribution in [1.29, 1.82) is 0 Å². The van der Waals surface area contributed by atoms with E-state index in [1.54, 1.807) is 0 Å². The average molecular weight is 466 g/mol. The van der Waals surface area contributed by atoms with E-state index in [1.807, 2.05) is 0 Å². The number of nitrogens with zero attached hydrogens (tertiary/aromatic N) is 1. The number of nitrogens with one attached hydrogen (secondary N) is 2. The van der Waals surface area contributed by atoms with Gasteiger partial charge in [-0.2, -0.15) is 13.2 Å². The van der Waals surface area contributed by atoms with Crippen molar-refractivity contribution in [2.24, 2.45) is 0 Å². The molecular formula is C18H13ClF5N3O4. The minimum Gasteiger partial charge on any atom is -0.468 e. The van der Waals surface area contributed by atoms with Gasteiger partial charge >= 0.3 is 12.3 Å². The number of alkyl carbamates (subject to hydrolysis) is 1. The fraction of sp³-hybridized carbons (Fsp3) is 0.278. The van der Waals surface area contributed by atoms with Crippen molar-refractivity contribution in [2.45, 2.75) is 18.3 Å². The van der Waals surface area contributed by atoms with Crippen LogP contribution in [0.2, 0.25) is 5.02 Å². The maximum absolute atomic E-state index is 14.6. The van der Waals surface area contributed by atoms with Crippen molar-refractivity contribution < 1.29 is 41.0 Å². The van der Waals surface area contributed by atoms with Crippen molar-refractivity contribution in [1.82, 2.24) is 15.6 Å². The number of cyclic esters (lactones) is 1. The quantitative estimate of drug-likeness (QED) is 0.505. The zero-order chi connectivity index (χ0) is 22.8. The average Bonchev–Trinajstić information content (AvgIpc) is 3.16. The van der Waals surface area contributed by atoms with Crippen LogP contribution in [0.15, 0.2) is 30.5 Å². The van der Waals surface area contributed by atoms with Crippen LogP contribution in [0.25, 0.3) is 0 Å². The molecule has 1 aromatic carbocycles. The summed E-state index contributed by atoms with van der Waals surface area (Å²) in [4.78, 5) is 27.3. The Morgan fingerprint density at radius 3 is 2.65 bits per heavy atom. The number of carbonyl (C=O) groups excluding carboxylic acids is 2. The molecule has 1 fully saturated rings. The lowest BCUT2D eigenvalue weighted by Crippen LogP contribution is -2.39. The van der Waals surface area contributed by atoms with E-state index in [9.17, 15) is 31.5 Å². The SMILES string of the molecule is O=C1NC[C@@H](C(=O)N[C@@H](c2ccc(OCC(F)(F)F)nc2)c2ccc(F)c(Cl)c2F)O1. The molecule has 1 aliphatic rings. The highest BCUT2D eigenvalue weighted by Gasteiger charge is 2.33. The van der Waals surface area contributed by atoms with E-state index in [0.29, 0.717) is 0 Å². The molecular weight excluding hydrogens is 453 g/mol. The first-order valence-electron chi connectivity index (χ1n) is 8.59. The minimum absolute atomic E-state index is 0.117. The third kappa shape index (κ3) is 5.51. The van der Waals surface area contributed by atoms with Gasteiger partial charge in [-0.15, -0.1) is 0 Å². The van der Waals surface area contributed by atoms with E-state index in [2.05, 4.69) is 20.4 Å². The molecule has 0 radical (unpaired) electrons. The van der Waals surface area contributed by atoms with Crippen LogP contribution in [0, 0.1) is 11.6 Å². The molecule has 13 heteroatoms. The van der Waals surface area contributed by atoms with Gasteiger partial charge in [0.2, 0.25) is 5.88 Å². The van der Waals surface area contributed by atoms with Crippen LogP contribution in [-0.2, 0) is 9.53 Å². The summed E-state index contributed by atoms with van der Waals surface area (Å²) in [5.74, 6) is -3.36. The van der Waals surface area contributed by atoms with Crippen LogP contribution in [0.5, 0.6) is 5.88 Å². The molecule has 0 spiro atoms. The van der Waals surface area contributed by atoms with Gasteiger partial charge in [-0.1, -0.05) is 17.7 Å². The summed E-state index contributed by atoms with van der Waals surface area (Å²) in [5.41, 5.74) is -0.130. The maximum atomic E-state index is 14.6. The Hall–Kier alpha value is -3.15. The molecule has 0 unspecified atom stereocenters. The second-order valence-electron chi connectivity index (χ2n) is 6.31. The number of halogens is 6. The number of hydrogen-bond donors (Lipinski definition) is 2. The number of aromatic nitrogens is 1. The van der Waals surface area contributed by atoms with E-state index in [0.717, 1.165) is 24.4 Å². The Kier molecular flexibility index (Phi) is 6.48. The summed E-state index contributed by atoms with van der Waals surface area (Å²) < 4.78 is 74.3. The van der Waals surface area contributed by atoms with Crippen molar-refractivity contribution in [3.63, 3.8) is 0 Å². The summed E-state index contributed by atoms with van der Waals surface area (Å²) in [6, 6.07) is 2.95. The maximum Gasteiger partial charge on any atom is 0.422 e. The van der Waals surface area contributed by atoms with Crippen LogP contribution in [-0.4, -0.2) is 42.4 Å². The lowest BCUT2D eigenvalue weighted by molar-refractivity contribution is -0.154. The van der Waals surface area contributed by atoms with Gasteiger partial charge in [-0.25, -0.2) is 18.6 Å². The number of carbonyl (C=O) groups is 2. The highest BCUT2D eigenvalue weighted by atomic mass is 35.5. The Bertz CT molecular complexity index is 987. The third-order valence-electron chi connectivity index (χ3n) is 4.11. The summed E-state index contributed by atoms with van der Waals surface area (Å²) in [6.07, 6.45) is -5.55. The predicted molar refractivity (Wildman–Crippen MR) is 95.4 cm³/mol. The first kappa shape index (κ1) is 22.5. The molecule has 7 nitrogen and oxygen atoms in total. The third-order valence-corrected chi connectivity index (χ3v) is 4.46. The molecule has 31 heavy (non-hydrogen) atoms. The van der Waals surface area contributed by atoms with Gasteiger partial charge < -0.3 is 20.1 Å². The molecule has 2 N–H and O–H groups in total. The van der Waals surface area contributed by atoms with Crippen LogP contribution < -0.4 is 15.4 Å². The van der Waals surface area contributed by atoms with E-state index < -0.39 is 53.6 Å². The number of hydrogen-bond acceptors (Lipinski definition) is 5. The molecule has 2 aromatic rings. The molecule has 0 aliphatic carbocycles. The Morgan fingerprint density at radius 1 is 1.32 bits per heavy atom. The number of benzene rings is 1. The summed E-state index contributed by atoms with van der Waals surface area (Å²) in [6.45, 7) is -1.70. The molecule has 3 rings (SSSR count). The molecule has 0 saturated carbocycles. The van der Waals surface area contributed by atoms with Gasteiger partial charge in [0, 0.05) is 17.8 Å². The Balaban J connectivity index is 1.89. The van der Waals surface area contributed by atoms with Crippen molar-refractivity contribution in [2.75, 3.05) is 13.2 Å². The molecule has 0 bridgehead atoms. The first-order chi connectivity index (χ1) is 14.5. The van der Waals surface area contributed by atoms with Crippen molar-refractivity contribution in [3.05, 3.63) is 58.2 Å². The molecule has 2 heterocycles. The fourth-order valence-corrected chi connectivity index (χ4v) is 2.85. The smallest absolute Gasteiger partial charge is 0.422 e. The number of ether oxygens (including phenoxy) is 2. The summed E-state index contributed by atoms with van der Waals surface area (Å²) >= 11 is 5.62. The van der Waals surface area contributed by atoms with E-state index >= 15 is 0 Å². The lowest BCUT2D eigenvalue weighted by atomic mass is 9.99. The predicted octanol–water partition coefficient (Wildman–Crippen LogP) is 3.27. The largest absolute Gasteiger partial charge is 0.468 e. The second kappa shape index (κ2) is 8.92. The Labute approximate surface area is 176 Å². The van der Waals surface area contributed by atoms with Gasteiger partial charge in [0.15, 0.2) is 12.7 Å². The first-order valence-corrected chi connectivity index (χ1v) is 8.96. The molecule has 1 aliphatic heterocycles. The summed E-state index contributed by atoms with van der Waals surface area (Å²) in [5, 5.41) is 3.90. The lowest BCUT2D eigenvalue weighted by Gasteiger charge is -2.22. The zero-order valence-corrected chi connectivity index (χ0v) is 16.1. The minimum atomic E-state index is -4.57. The van der Waals surface area contributed by atoms with Crippen LogP contribution >= 0.6 is 11.6 Å². The number of pyridine rings is 1. The second-order valence-corrected chi connectivity index (χ2v) is 6.69. The van der Waals surface area contributed by atoms with E-state index in [1.165, 1.54) is 6.07 Å². The van der Waals surface area contributed by atoms with Crippen molar-refractivity contribution in [3.8, 4) is 5.88 Å². The molecule has 2 atom stereocenters. The van der Waals surface area contributed by atoms with Gasteiger partial charge in [0.05, 0.1) is 12.6 Å². The Morgan fingerprint density at radius 2 is 2.06 bits per heavy atom. The molecule has 1 saturated heterocycles. The van der Waals surface area contributed by atoms with Crippen LogP contribution in [0.1, 0.15) is 17.2 Å². The molecule has 1 aromatic heterocycles. The van der Waals surface area contributed by atoms with Gasteiger partial charge in [0.1, 0.15) is 16.7 Å². The number of amides is 2. The van der Waals surface area contributed by atoms with E-state index in [-0.39, 0.29) is 23.6 Å². The van der Waals surface area contributed by atoms with Gasteiger partial charge in [-0.3, -0.25) is 4.79 Å². The highest BCUT2D eigenvalue weighted by Crippen LogP contribution is 2.30. The van der Waals surface area contributed by atoms with Gasteiger partial charge in [0.25, 0.3) is 5.91 Å². The normalized spacial score (nSPS) is 17.0. The van der Waals surface area contributed by atoms with Gasteiger partial charge in [-0.05, 0) is 17.7 Å². The van der Waals surface area contributed by atoms with Crippen LogP contribution in [0.3, 0.4) is 0 Å². The van der Waals surface area contributed by atoms with Crippen molar-refractivity contribution >= 4 is 23.6 Å². The van der Waals surface area contributed by atoms with E-state index in [4.69, 9.17) is 16.3 Å². The topological polar surface area (TPSA) is 89.6 Å². The monoisotopic (exact) mass is 465 g/mol. The zero-order valence-electron chi connectivity index (χ0n) is 15.3. The number of alkyl halides is 3. The summed E-state index contributed by atoms with van der Waals surface area (Å²) in [7, 11) is 0. The standard InChI is InChI=1S/C18H13ClF5N3O4/c19-13-10(20)3-2-9(14(13)21)15(27-16(28)11-6-26-17(29)31-11)8-1-4-12(25-5-8)30-7-18(22,23)24/h1-5,11,15H,6-7H2,(H,26,29)(H,27,28)/t11-,15-/m0/s1. The number of rotatable bonds is 6.